The van der Waals surface area contributed by atoms with E-state index in [4.69, 9.17) is 9.26 Å². The number of aromatic nitrogens is 2. The molecule has 1 aliphatic rings. The molecule has 0 bridgehead atoms. The van der Waals surface area contributed by atoms with E-state index in [1.54, 1.807) is 12.4 Å². The summed E-state index contributed by atoms with van der Waals surface area (Å²) in [5.41, 5.74) is 6.58. The summed E-state index contributed by atoms with van der Waals surface area (Å²) in [7, 11) is 0. The van der Waals surface area contributed by atoms with Crippen molar-refractivity contribution in [1.29, 1.82) is 0 Å². The van der Waals surface area contributed by atoms with Crippen LogP contribution in [0.4, 0.5) is 0 Å². The van der Waals surface area contributed by atoms with Crippen molar-refractivity contribution < 1.29 is 19.2 Å². The predicted molar refractivity (Wildman–Crippen MR) is 142 cm³/mol. The lowest BCUT2D eigenvalue weighted by Crippen LogP contribution is -2.23. The fourth-order valence-electron chi connectivity index (χ4n) is 4.94. The molecular weight excluding hydrogens is 464 g/mol. The van der Waals surface area contributed by atoms with Crippen LogP contribution in [0.2, 0.25) is 0 Å². The van der Waals surface area contributed by atoms with Crippen molar-refractivity contribution in [3.8, 4) is 22.5 Å². The lowest BCUT2D eigenvalue weighted by molar-refractivity contribution is -0.146. The summed E-state index contributed by atoms with van der Waals surface area (Å²) < 4.78 is 11.0. The van der Waals surface area contributed by atoms with Crippen LogP contribution in [0.25, 0.3) is 22.5 Å². The first-order valence-corrected chi connectivity index (χ1v) is 12.9. The second-order valence-corrected chi connectivity index (χ2v) is 9.72. The smallest absolute Gasteiger partial charge is 0.316 e. The van der Waals surface area contributed by atoms with Crippen molar-refractivity contribution in [2.24, 2.45) is 0 Å². The average Bonchev–Trinajstić information content (AvgIpc) is 3.68. The van der Waals surface area contributed by atoms with Gasteiger partial charge in [0, 0.05) is 23.5 Å². The van der Waals surface area contributed by atoms with Gasteiger partial charge in [-0.2, -0.15) is 0 Å². The van der Waals surface area contributed by atoms with Crippen LogP contribution in [-0.2, 0) is 21.4 Å². The molecule has 2 heterocycles. The van der Waals surface area contributed by atoms with Crippen LogP contribution in [0.15, 0.2) is 77.6 Å². The second kappa shape index (κ2) is 10.7. The van der Waals surface area contributed by atoms with Crippen LogP contribution in [0.5, 0.6) is 0 Å². The molecule has 1 saturated carbocycles. The third-order valence-corrected chi connectivity index (χ3v) is 7.31. The molecule has 1 aliphatic carbocycles. The minimum absolute atomic E-state index is 0.114. The Balaban J connectivity index is 1.26. The number of pyridine rings is 1. The van der Waals surface area contributed by atoms with Crippen LogP contribution in [0.3, 0.4) is 0 Å². The van der Waals surface area contributed by atoms with Crippen molar-refractivity contribution in [2.45, 2.75) is 57.5 Å². The van der Waals surface area contributed by atoms with Gasteiger partial charge >= 0.3 is 5.97 Å². The Hall–Kier alpha value is -3.77. The Kier molecular flexibility index (Phi) is 7.19. The van der Waals surface area contributed by atoms with E-state index in [1.165, 1.54) is 0 Å². The third kappa shape index (κ3) is 5.20. The topological polar surface area (TPSA) is 85.5 Å². The molecule has 0 aliphatic heterocycles. The van der Waals surface area contributed by atoms with Gasteiger partial charge in [0.25, 0.3) is 0 Å². The molecule has 0 spiro atoms. The number of esters is 1. The SMILES string of the molecule is CCOC(=O)C1(c2ccc(-c3ccc(-c4onc(C)c4CCCC(O)c4ccncc4)cc3)cc2)CC1. The molecule has 2 aromatic carbocycles. The molecule has 190 valence electrons. The Bertz CT molecular complexity index is 1340. The van der Waals surface area contributed by atoms with Crippen molar-refractivity contribution >= 4 is 5.97 Å². The number of hydrogen-bond acceptors (Lipinski definition) is 6. The maximum Gasteiger partial charge on any atom is 0.316 e. The monoisotopic (exact) mass is 496 g/mol. The first-order chi connectivity index (χ1) is 18.0. The quantitative estimate of drug-likeness (QED) is 0.257. The molecule has 1 fully saturated rings. The average molecular weight is 497 g/mol. The molecule has 1 atom stereocenters. The van der Waals surface area contributed by atoms with Crippen LogP contribution < -0.4 is 0 Å². The van der Waals surface area contributed by atoms with Crippen molar-refractivity contribution in [2.75, 3.05) is 6.61 Å². The molecule has 37 heavy (non-hydrogen) atoms. The molecule has 0 radical (unpaired) electrons. The van der Waals surface area contributed by atoms with Gasteiger partial charge in [-0.3, -0.25) is 9.78 Å². The van der Waals surface area contributed by atoms with Gasteiger partial charge in [0.05, 0.1) is 23.8 Å². The number of aliphatic hydroxyl groups is 1. The van der Waals surface area contributed by atoms with Gasteiger partial charge in [-0.05, 0) is 80.3 Å². The highest BCUT2D eigenvalue weighted by Gasteiger charge is 2.52. The number of carbonyl (C=O) groups excluding carboxylic acids is 1. The van der Waals surface area contributed by atoms with E-state index in [-0.39, 0.29) is 5.97 Å². The largest absolute Gasteiger partial charge is 0.465 e. The Morgan fingerprint density at radius 2 is 1.62 bits per heavy atom. The number of aliphatic hydroxyl groups excluding tert-OH is 1. The number of hydrogen-bond donors (Lipinski definition) is 1. The van der Waals surface area contributed by atoms with Crippen molar-refractivity contribution in [3.63, 3.8) is 0 Å². The Morgan fingerprint density at radius 3 is 2.24 bits per heavy atom. The molecule has 5 rings (SSSR count). The summed E-state index contributed by atoms with van der Waals surface area (Å²) in [5.74, 6) is 0.667. The first kappa shape index (κ1) is 24.9. The number of rotatable bonds is 10. The van der Waals surface area contributed by atoms with Crippen LogP contribution in [0, 0.1) is 6.92 Å². The summed E-state index contributed by atoms with van der Waals surface area (Å²) in [5, 5.41) is 14.7. The number of benzene rings is 2. The number of nitrogens with zero attached hydrogens (tertiary/aromatic N) is 2. The molecule has 1 unspecified atom stereocenters. The molecule has 4 aromatic rings. The van der Waals surface area contributed by atoms with Gasteiger partial charge < -0.3 is 14.4 Å². The summed E-state index contributed by atoms with van der Waals surface area (Å²) in [6, 6.07) is 20.2. The van der Waals surface area contributed by atoms with E-state index in [2.05, 4.69) is 46.5 Å². The normalized spacial score (nSPS) is 14.8. The van der Waals surface area contributed by atoms with Gasteiger partial charge in [-0.15, -0.1) is 0 Å². The third-order valence-electron chi connectivity index (χ3n) is 7.31. The van der Waals surface area contributed by atoms with E-state index >= 15 is 0 Å². The summed E-state index contributed by atoms with van der Waals surface area (Å²) >= 11 is 0. The molecular formula is C31H32N2O4. The highest BCUT2D eigenvalue weighted by Crippen LogP contribution is 2.49. The van der Waals surface area contributed by atoms with Crippen molar-refractivity contribution in [3.05, 3.63) is 95.4 Å². The first-order valence-electron chi connectivity index (χ1n) is 12.9. The zero-order valence-corrected chi connectivity index (χ0v) is 21.3. The van der Waals surface area contributed by atoms with Crippen molar-refractivity contribution in [1.82, 2.24) is 10.1 Å². The minimum atomic E-state index is -0.510. The van der Waals surface area contributed by atoms with E-state index < -0.39 is 11.5 Å². The highest BCUT2D eigenvalue weighted by atomic mass is 16.5. The zero-order chi connectivity index (χ0) is 25.8. The van der Waals surface area contributed by atoms with E-state index in [0.717, 1.165) is 70.5 Å². The molecule has 1 N–H and O–H groups in total. The highest BCUT2D eigenvalue weighted by molar-refractivity contribution is 5.87. The van der Waals surface area contributed by atoms with E-state index in [0.29, 0.717) is 13.0 Å². The summed E-state index contributed by atoms with van der Waals surface area (Å²) in [6.45, 7) is 4.21. The lowest BCUT2D eigenvalue weighted by Gasteiger charge is -2.14. The lowest BCUT2D eigenvalue weighted by atomic mass is 9.93. The predicted octanol–water partition coefficient (Wildman–Crippen LogP) is 6.36. The molecule has 6 heteroatoms. The second-order valence-electron chi connectivity index (χ2n) is 9.72. The Morgan fingerprint density at radius 1 is 1.00 bits per heavy atom. The fourth-order valence-corrected chi connectivity index (χ4v) is 4.94. The molecule has 2 aromatic heterocycles. The number of ether oxygens (including phenoxy) is 1. The van der Waals surface area contributed by atoms with E-state index in [9.17, 15) is 9.90 Å². The van der Waals surface area contributed by atoms with Gasteiger partial charge in [-0.1, -0.05) is 53.7 Å². The minimum Gasteiger partial charge on any atom is -0.465 e. The zero-order valence-electron chi connectivity index (χ0n) is 21.3. The van der Waals surface area contributed by atoms with Crippen LogP contribution in [0.1, 0.15) is 61.1 Å². The molecule has 0 amide bonds. The summed E-state index contributed by atoms with van der Waals surface area (Å²) in [4.78, 5) is 16.4. The number of aryl methyl sites for hydroxylation is 1. The standard InChI is InChI=1S/C31H32N2O4/c1-3-36-30(35)31(17-18-31)26-13-11-23(12-14-26)22-7-9-25(10-8-22)29-27(21(2)33-37-29)5-4-6-28(34)24-15-19-32-20-16-24/h7-16,19-20,28,34H,3-6,17-18H2,1-2H3. The van der Waals surface area contributed by atoms with Gasteiger partial charge in [0.2, 0.25) is 0 Å². The van der Waals surface area contributed by atoms with Gasteiger partial charge in [0.1, 0.15) is 0 Å². The maximum atomic E-state index is 12.4. The van der Waals surface area contributed by atoms with Crippen LogP contribution >= 0.6 is 0 Å². The Labute approximate surface area is 217 Å². The molecule has 0 saturated heterocycles. The number of carbonyl (C=O) groups is 1. The van der Waals surface area contributed by atoms with Gasteiger partial charge in [0.15, 0.2) is 5.76 Å². The summed E-state index contributed by atoms with van der Waals surface area (Å²) in [6.07, 6.45) is 6.83. The fraction of sp³-hybridized carbons (Fsp3) is 0.323. The van der Waals surface area contributed by atoms with Gasteiger partial charge in [-0.25, -0.2) is 0 Å². The van der Waals surface area contributed by atoms with Crippen LogP contribution in [-0.4, -0.2) is 27.8 Å². The maximum absolute atomic E-state index is 12.4. The molecule has 6 nitrogen and oxygen atoms in total. The van der Waals surface area contributed by atoms with E-state index in [1.807, 2.05) is 38.1 Å².